The number of fused-ring (bicyclic) bond motifs is 1. The first-order chi connectivity index (χ1) is 13.5. The van der Waals surface area contributed by atoms with Gasteiger partial charge in [0.15, 0.2) is 5.65 Å². The molecule has 9 heteroatoms. The number of nitrogens with one attached hydrogen (secondary N) is 1. The first-order valence-corrected chi connectivity index (χ1v) is 10.7. The van der Waals surface area contributed by atoms with Crippen LogP contribution in [0.3, 0.4) is 0 Å². The summed E-state index contributed by atoms with van der Waals surface area (Å²) >= 11 is 0. The Kier molecular flexibility index (Phi) is 5.03. The molecule has 3 heterocycles. The molecule has 8 nitrogen and oxygen atoms in total. The van der Waals surface area contributed by atoms with Crippen LogP contribution in [0, 0.1) is 6.92 Å². The van der Waals surface area contributed by atoms with E-state index in [2.05, 4.69) is 15.3 Å². The van der Waals surface area contributed by atoms with Gasteiger partial charge in [-0.25, -0.2) is 9.78 Å². The van der Waals surface area contributed by atoms with Gasteiger partial charge in [0, 0.05) is 53.9 Å². The lowest BCUT2D eigenvalue weighted by molar-refractivity contribution is 0.0695. The molecule has 2 aromatic heterocycles. The molecule has 0 saturated carbocycles. The number of ether oxygens (including phenoxy) is 1. The third-order valence-corrected chi connectivity index (χ3v) is 6.08. The van der Waals surface area contributed by atoms with E-state index in [1.165, 1.54) is 0 Å². The van der Waals surface area contributed by atoms with Gasteiger partial charge in [0.05, 0.1) is 6.20 Å². The van der Waals surface area contributed by atoms with E-state index in [4.69, 9.17) is 4.74 Å². The van der Waals surface area contributed by atoms with Crippen LogP contribution in [0.4, 0.5) is 11.6 Å². The third-order valence-electron chi connectivity index (χ3n) is 5.16. The molecule has 1 aromatic carbocycles. The molecule has 0 spiro atoms. The van der Waals surface area contributed by atoms with Crippen LogP contribution >= 0.6 is 0 Å². The number of nitrogens with zero attached hydrogens (tertiary/aromatic N) is 4. The van der Waals surface area contributed by atoms with Gasteiger partial charge in [-0.3, -0.25) is 13.3 Å². The topological polar surface area (TPSA) is 91.0 Å². The van der Waals surface area contributed by atoms with Crippen molar-refractivity contribution in [3.8, 4) is 0 Å². The second-order valence-electron chi connectivity index (χ2n) is 7.01. The van der Waals surface area contributed by atoms with Gasteiger partial charge in [-0.2, -0.15) is 4.98 Å². The highest BCUT2D eigenvalue weighted by atomic mass is 32.2. The van der Waals surface area contributed by atoms with Crippen LogP contribution in [-0.4, -0.2) is 42.8 Å². The molecule has 3 aromatic rings. The predicted octanol–water partition coefficient (Wildman–Crippen LogP) is 2.27. The fourth-order valence-electron chi connectivity index (χ4n) is 3.54. The average Bonchev–Trinajstić information content (AvgIpc) is 2.94. The highest BCUT2D eigenvalue weighted by Crippen LogP contribution is 2.25. The van der Waals surface area contributed by atoms with Crippen molar-refractivity contribution in [2.24, 2.45) is 7.05 Å². The Labute approximate surface area is 165 Å². The smallest absolute Gasteiger partial charge is 0.330 e. The molecule has 0 radical (unpaired) electrons. The molecule has 1 saturated heterocycles. The number of hydrogen-bond acceptors (Lipinski definition) is 6. The third kappa shape index (κ3) is 3.35. The Balaban J connectivity index is 1.73. The van der Waals surface area contributed by atoms with Crippen LogP contribution in [0.5, 0.6) is 0 Å². The van der Waals surface area contributed by atoms with Crippen LogP contribution < -0.4 is 11.0 Å². The average molecular weight is 401 g/mol. The van der Waals surface area contributed by atoms with Crippen molar-refractivity contribution in [3.05, 3.63) is 40.4 Å². The number of benzene rings is 1. The summed E-state index contributed by atoms with van der Waals surface area (Å²) in [6.07, 6.45) is 4.91. The van der Waals surface area contributed by atoms with Gasteiger partial charge in [0.25, 0.3) is 0 Å². The molecule has 0 bridgehead atoms. The van der Waals surface area contributed by atoms with Crippen molar-refractivity contribution in [2.75, 3.05) is 24.8 Å². The molecule has 1 aliphatic heterocycles. The largest absolute Gasteiger partial charge is 0.381 e. The van der Waals surface area contributed by atoms with Crippen molar-refractivity contribution < 1.29 is 8.95 Å². The van der Waals surface area contributed by atoms with E-state index in [9.17, 15) is 9.00 Å². The molecule has 148 valence electrons. The Morgan fingerprint density at radius 3 is 2.71 bits per heavy atom. The normalized spacial score (nSPS) is 16.4. The maximum atomic E-state index is 12.8. The van der Waals surface area contributed by atoms with Crippen LogP contribution in [-0.2, 0) is 22.6 Å². The van der Waals surface area contributed by atoms with E-state index in [0.29, 0.717) is 30.3 Å². The molecule has 1 aliphatic rings. The van der Waals surface area contributed by atoms with E-state index in [1.54, 1.807) is 28.6 Å². The summed E-state index contributed by atoms with van der Waals surface area (Å²) in [6, 6.07) is 5.66. The number of imidazole rings is 1. The van der Waals surface area contributed by atoms with Gasteiger partial charge >= 0.3 is 5.69 Å². The first-order valence-electron chi connectivity index (χ1n) is 9.18. The molecule has 1 unspecified atom stereocenters. The van der Waals surface area contributed by atoms with Gasteiger partial charge < -0.3 is 10.1 Å². The van der Waals surface area contributed by atoms with E-state index in [-0.39, 0.29) is 11.7 Å². The van der Waals surface area contributed by atoms with E-state index in [0.717, 1.165) is 29.0 Å². The molecule has 1 atom stereocenters. The molecule has 28 heavy (non-hydrogen) atoms. The van der Waals surface area contributed by atoms with E-state index < -0.39 is 10.8 Å². The Morgan fingerprint density at radius 1 is 1.29 bits per heavy atom. The number of hydrogen-bond donors (Lipinski definition) is 1. The summed E-state index contributed by atoms with van der Waals surface area (Å²) in [5.74, 6) is 0.424. The van der Waals surface area contributed by atoms with Crippen LogP contribution in [0.15, 0.2) is 34.1 Å². The predicted molar refractivity (Wildman–Crippen MR) is 109 cm³/mol. The Hall–Kier alpha value is -2.52. The highest BCUT2D eigenvalue weighted by molar-refractivity contribution is 7.84. The van der Waals surface area contributed by atoms with Gasteiger partial charge in [-0.1, -0.05) is 0 Å². The summed E-state index contributed by atoms with van der Waals surface area (Å²) in [5, 5.41) is 3.22. The lowest BCUT2D eigenvalue weighted by atomic mass is 10.1. The highest BCUT2D eigenvalue weighted by Gasteiger charge is 2.23. The second kappa shape index (κ2) is 7.48. The minimum atomic E-state index is -1.03. The monoisotopic (exact) mass is 401 g/mol. The zero-order valence-electron chi connectivity index (χ0n) is 16.1. The number of rotatable bonds is 4. The quantitative estimate of drug-likeness (QED) is 0.721. The number of aromatic nitrogens is 4. The van der Waals surface area contributed by atoms with Crippen LogP contribution in [0.2, 0.25) is 0 Å². The van der Waals surface area contributed by atoms with Gasteiger partial charge in [0.2, 0.25) is 5.95 Å². The van der Waals surface area contributed by atoms with Crippen LogP contribution in [0.25, 0.3) is 11.2 Å². The molecular weight excluding hydrogens is 378 g/mol. The van der Waals surface area contributed by atoms with Crippen molar-refractivity contribution in [1.29, 1.82) is 0 Å². The summed E-state index contributed by atoms with van der Waals surface area (Å²) in [4.78, 5) is 22.6. The molecule has 1 N–H and O–H groups in total. The minimum Gasteiger partial charge on any atom is -0.381 e. The maximum Gasteiger partial charge on any atom is 0.330 e. The van der Waals surface area contributed by atoms with Gasteiger partial charge in [0.1, 0.15) is 5.52 Å². The molecule has 0 aliphatic carbocycles. The van der Waals surface area contributed by atoms with E-state index in [1.807, 2.05) is 25.1 Å². The summed E-state index contributed by atoms with van der Waals surface area (Å²) in [7, 11) is 0.712. The standard InChI is InChI=1S/C19H23N5O3S/c1-12-10-14(28(3)26)4-5-15(12)21-18-20-11-16-17(22-18)24(19(25)23(16)2)13-6-8-27-9-7-13/h4-5,10-11,13H,6-9H2,1-3H3,(H,20,21,22). The summed E-state index contributed by atoms with van der Waals surface area (Å²) < 4.78 is 20.4. The van der Waals surface area contributed by atoms with Crippen molar-refractivity contribution in [1.82, 2.24) is 19.1 Å². The first kappa shape index (κ1) is 18.8. The van der Waals surface area contributed by atoms with Gasteiger partial charge in [-0.05, 0) is 43.5 Å². The fourth-order valence-corrected chi connectivity index (χ4v) is 4.15. The zero-order chi connectivity index (χ0) is 19.8. The van der Waals surface area contributed by atoms with E-state index >= 15 is 0 Å². The molecule has 4 rings (SSSR count). The lowest BCUT2D eigenvalue weighted by Crippen LogP contribution is -2.30. The zero-order valence-corrected chi connectivity index (χ0v) is 17.0. The SMILES string of the molecule is Cc1cc(S(C)=O)ccc1Nc1ncc2c(n1)n(C1CCOCC1)c(=O)n2C. The fraction of sp³-hybridized carbons (Fsp3) is 0.421. The van der Waals surface area contributed by atoms with Gasteiger partial charge in [-0.15, -0.1) is 0 Å². The second-order valence-corrected chi connectivity index (χ2v) is 8.39. The van der Waals surface area contributed by atoms with Crippen molar-refractivity contribution in [2.45, 2.75) is 30.7 Å². The summed E-state index contributed by atoms with van der Waals surface area (Å²) in [5.41, 5.74) is 3.03. The van der Waals surface area contributed by atoms with Crippen molar-refractivity contribution >= 4 is 33.6 Å². The maximum absolute atomic E-state index is 12.8. The lowest BCUT2D eigenvalue weighted by Gasteiger charge is -2.22. The molecule has 1 fully saturated rings. The minimum absolute atomic E-state index is 0.0771. The summed E-state index contributed by atoms with van der Waals surface area (Å²) in [6.45, 7) is 3.24. The molecule has 0 amide bonds. The Morgan fingerprint density at radius 2 is 2.04 bits per heavy atom. The number of aryl methyl sites for hydroxylation is 2. The Bertz CT molecular complexity index is 1110. The molecular formula is C19H23N5O3S. The van der Waals surface area contributed by atoms with Crippen molar-refractivity contribution in [3.63, 3.8) is 0 Å². The van der Waals surface area contributed by atoms with Crippen LogP contribution in [0.1, 0.15) is 24.4 Å². The number of anilines is 2.